The van der Waals surface area contributed by atoms with Crippen molar-refractivity contribution in [2.24, 2.45) is 0 Å². The quantitative estimate of drug-likeness (QED) is 0.849. The van der Waals surface area contributed by atoms with E-state index in [1.165, 1.54) is 18.7 Å². The van der Waals surface area contributed by atoms with Gasteiger partial charge in [0.1, 0.15) is 5.75 Å². The van der Waals surface area contributed by atoms with Crippen LogP contribution >= 0.6 is 11.8 Å². The lowest BCUT2D eigenvalue weighted by molar-refractivity contribution is -0.117. The zero-order valence-electron chi connectivity index (χ0n) is 11.1. The average Bonchev–Trinajstić information content (AvgIpc) is 2.71. The second kappa shape index (κ2) is 6.10. The summed E-state index contributed by atoms with van der Waals surface area (Å²) in [5, 5.41) is 0.128. The Kier molecular flexibility index (Phi) is 4.47. The van der Waals surface area contributed by atoms with Gasteiger partial charge in [-0.05, 0) is 31.2 Å². The number of nitrogens with zero attached hydrogens (tertiary/aromatic N) is 1. The van der Waals surface area contributed by atoms with Crippen molar-refractivity contribution in [1.82, 2.24) is 0 Å². The Morgan fingerprint density at radius 3 is 2.68 bits per heavy atom. The summed E-state index contributed by atoms with van der Waals surface area (Å²) >= 11 is 1.25. The van der Waals surface area contributed by atoms with Crippen molar-refractivity contribution in [3.05, 3.63) is 24.3 Å². The fourth-order valence-corrected chi connectivity index (χ4v) is 3.05. The normalized spacial score (nSPS) is 18.7. The van der Waals surface area contributed by atoms with Crippen LogP contribution in [0.5, 0.6) is 5.75 Å². The number of thioether (sulfide) groups is 1. The lowest BCUT2D eigenvalue weighted by Crippen LogP contribution is -2.24. The Balaban J connectivity index is 2.05. The van der Waals surface area contributed by atoms with Crippen molar-refractivity contribution in [1.29, 1.82) is 0 Å². The van der Waals surface area contributed by atoms with Crippen molar-refractivity contribution in [2.75, 3.05) is 18.1 Å². The number of rotatable bonds is 4. The third-order valence-corrected chi connectivity index (χ3v) is 3.86. The summed E-state index contributed by atoms with van der Waals surface area (Å²) in [4.78, 5) is 24.8. The van der Waals surface area contributed by atoms with Crippen LogP contribution in [0.2, 0.25) is 0 Å². The molecule has 1 heterocycles. The minimum Gasteiger partial charge on any atom is -0.494 e. The first-order valence-electron chi connectivity index (χ1n) is 6.30. The number of carbonyl (C=O) groups is 2. The molecule has 1 aromatic carbocycles. The molecular weight excluding hydrogens is 262 g/mol. The Hall–Kier alpha value is -1.49. The van der Waals surface area contributed by atoms with Gasteiger partial charge in [0, 0.05) is 30.8 Å². The van der Waals surface area contributed by atoms with Gasteiger partial charge >= 0.3 is 0 Å². The molecule has 0 aromatic heterocycles. The van der Waals surface area contributed by atoms with Crippen LogP contribution in [0, 0.1) is 0 Å². The molecule has 1 aliphatic rings. The van der Waals surface area contributed by atoms with Gasteiger partial charge in [0.25, 0.3) is 0 Å². The molecule has 1 fully saturated rings. The Morgan fingerprint density at radius 2 is 2.11 bits per heavy atom. The summed E-state index contributed by atoms with van der Waals surface area (Å²) in [5.74, 6) is 0.871. The van der Waals surface area contributed by atoms with Crippen LogP contribution in [0.15, 0.2) is 24.3 Å². The smallest absolute Gasteiger partial charge is 0.228 e. The summed E-state index contributed by atoms with van der Waals surface area (Å²) in [7, 11) is 0. The van der Waals surface area contributed by atoms with E-state index in [0.29, 0.717) is 19.6 Å². The summed E-state index contributed by atoms with van der Waals surface area (Å²) < 4.78 is 5.37. The number of hydrogen-bond acceptors (Lipinski definition) is 4. The number of ether oxygens (including phenoxy) is 1. The summed E-state index contributed by atoms with van der Waals surface area (Å²) in [6.07, 6.45) is 0.428. The lowest BCUT2D eigenvalue weighted by atomic mass is 10.3. The largest absolute Gasteiger partial charge is 0.494 e. The molecule has 2 rings (SSSR count). The van der Waals surface area contributed by atoms with E-state index in [2.05, 4.69) is 0 Å². The molecule has 4 nitrogen and oxygen atoms in total. The molecular formula is C14H17NO3S. The van der Waals surface area contributed by atoms with Crippen molar-refractivity contribution < 1.29 is 14.3 Å². The summed E-state index contributed by atoms with van der Waals surface area (Å²) in [5.41, 5.74) is 0.861. The third kappa shape index (κ3) is 3.50. The van der Waals surface area contributed by atoms with Gasteiger partial charge in [0.05, 0.1) is 6.61 Å². The minimum absolute atomic E-state index is 0.0614. The monoisotopic (exact) mass is 279 g/mol. The van der Waals surface area contributed by atoms with Gasteiger partial charge in [0.15, 0.2) is 5.12 Å². The number of hydrogen-bond donors (Lipinski definition) is 0. The number of benzene rings is 1. The molecule has 1 aromatic rings. The SMILES string of the molecule is CCOc1ccc(N2CC(SC(C)=O)CC2=O)cc1. The molecule has 1 saturated heterocycles. The Labute approximate surface area is 117 Å². The molecule has 0 spiro atoms. The van der Waals surface area contributed by atoms with E-state index >= 15 is 0 Å². The van der Waals surface area contributed by atoms with Gasteiger partial charge in [-0.1, -0.05) is 11.8 Å². The first-order chi connectivity index (χ1) is 9.10. The van der Waals surface area contributed by atoms with E-state index in [4.69, 9.17) is 4.74 Å². The van der Waals surface area contributed by atoms with Gasteiger partial charge < -0.3 is 9.64 Å². The average molecular weight is 279 g/mol. The zero-order valence-corrected chi connectivity index (χ0v) is 11.9. The van der Waals surface area contributed by atoms with E-state index in [0.717, 1.165) is 11.4 Å². The highest BCUT2D eigenvalue weighted by molar-refractivity contribution is 8.14. The predicted molar refractivity (Wildman–Crippen MR) is 76.6 cm³/mol. The van der Waals surface area contributed by atoms with Gasteiger partial charge in [-0.2, -0.15) is 0 Å². The van der Waals surface area contributed by atoms with Gasteiger partial charge in [-0.15, -0.1) is 0 Å². The highest BCUT2D eigenvalue weighted by atomic mass is 32.2. The molecule has 0 aliphatic carbocycles. The second-order valence-electron chi connectivity index (χ2n) is 4.37. The van der Waals surface area contributed by atoms with Crippen LogP contribution in [-0.2, 0) is 9.59 Å². The van der Waals surface area contributed by atoms with Gasteiger partial charge in [0.2, 0.25) is 5.91 Å². The molecule has 1 aliphatic heterocycles. The van der Waals surface area contributed by atoms with Crippen LogP contribution in [0.1, 0.15) is 20.3 Å². The molecule has 1 unspecified atom stereocenters. The van der Waals surface area contributed by atoms with Crippen molar-refractivity contribution in [2.45, 2.75) is 25.5 Å². The van der Waals surface area contributed by atoms with Crippen LogP contribution < -0.4 is 9.64 Å². The number of amides is 1. The molecule has 5 heteroatoms. The number of carbonyl (C=O) groups excluding carboxylic acids is 2. The van der Waals surface area contributed by atoms with Crippen molar-refractivity contribution >= 4 is 28.5 Å². The van der Waals surface area contributed by atoms with E-state index in [9.17, 15) is 9.59 Å². The molecule has 0 bridgehead atoms. The predicted octanol–water partition coefficient (Wildman–Crippen LogP) is 2.47. The number of anilines is 1. The Morgan fingerprint density at radius 1 is 1.42 bits per heavy atom. The highest BCUT2D eigenvalue weighted by Crippen LogP contribution is 2.29. The molecule has 1 amide bonds. The fourth-order valence-electron chi connectivity index (χ4n) is 2.13. The van der Waals surface area contributed by atoms with Crippen LogP contribution in [0.4, 0.5) is 5.69 Å². The molecule has 102 valence electrons. The zero-order chi connectivity index (χ0) is 13.8. The highest BCUT2D eigenvalue weighted by Gasteiger charge is 2.31. The van der Waals surface area contributed by atoms with Crippen molar-refractivity contribution in [3.63, 3.8) is 0 Å². The van der Waals surface area contributed by atoms with Crippen LogP contribution in [-0.4, -0.2) is 29.4 Å². The Bertz CT molecular complexity index is 472. The lowest BCUT2D eigenvalue weighted by Gasteiger charge is -2.16. The summed E-state index contributed by atoms with van der Waals surface area (Å²) in [6.45, 7) is 4.69. The maximum absolute atomic E-state index is 11.9. The molecule has 19 heavy (non-hydrogen) atoms. The molecule has 0 N–H and O–H groups in total. The first kappa shape index (κ1) is 13.9. The van der Waals surface area contributed by atoms with Crippen LogP contribution in [0.25, 0.3) is 0 Å². The maximum atomic E-state index is 11.9. The standard InChI is InChI=1S/C14H17NO3S/c1-3-18-12-6-4-11(5-7-12)15-9-13(8-14(15)17)19-10(2)16/h4-7,13H,3,8-9H2,1-2H3. The summed E-state index contributed by atoms with van der Waals surface area (Å²) in [6, 6.07) is 7.47. The van der Waals surface area contributed by atoms with Gasteiger partial charge in [-0.3, -0.25) is 9.59 Å². The van der Waals surface area contributed by atoms with Crippen LogP contribution in [0.3, 0.4) is 0 Å². The van der Waals surface area contributed by atoms with Crippen molar-refractivity contribution in [3.8, 4) is 5.75 Å². The maximum Gasteiger partial charge on any atom is 0.228 e. The van der Waals surface area contributed by atoms with E-state index in [1.54, 1.807) is 4.90 Å². The van der Waals surface area contributed by atoms with E-state index in [-0.39, 0.29) is 16.3 Å². The molecule has 1 atom stereocenters. The minimum atomic E-state index is 0.0614. The molecule has 0 radical (unpaired) electrons. The molecule has 0 saturated carbocycles. The fraction of sp³-hybridized carbons (Fsp3) is 0.429. The van der Waals surface area contributed by atoms with E-state index < -0.39 is 0 Å². The third-order valence-electron chi connectivity index (χ3n) is 2.88. The first-order valence-corrected chi connectivity index (χ1v) is 7.18. The van der Waals surface area contributed by atoms with E-state index in [1.807, 2.05) is 31.2 Å². The topological polar surface area (TPSA) is 46.6 Å². The second-order valence-corrected chi connectivity index (χ2v) is 5.84. The van der Waals surface area contributed by atoms with Gasteiger partial charge in [-0.25, -0.2) is 0 Å².